The van der Waals surface area contributed by atoms with Crippen molar-refractivity contribution < 1.29 is 14.0 Å². The van der Waals surface area contributed by atoms with Gasteiger partial charge in [-0.3, -0.25) is 0 Å². The molecule has 0 radical (unpaired) electrons. The molecule has 0 saturated heterocycles. The number of nitrogens with one attached hydrogen (secondary N) is 1. The number of nitrogens with zero attached hydrogens (tertiary/aromatic N) is 1. The van der Waals surface area contributed by atoms with Crippen LogP contribution in [0.25, 0.3) is 0 Å². The van der Waals surface area contributed by atoms with E-state index in [1.165, 1.54) is 0 Å². The standard InChI is InChI=1S/C12H16N2O3/c1-8-10(9(2)17-14-8)6-13-7-11(15)12-4-3-5-16-12/h3-5,11,13,15H,6-7H2,1-2H3. The third kappa shape index (κ3) is 2.75. The predicted molar refractivity (Wildman–Crippen MR) is 61.4 cm³/mol. The molecule has 0 spiro atoms. The maximum Gasteiger partial charge on any atom is 0.138 e. The lowest BCUT2D eigenvalue weighted by atomic mass is 10.2. The van der Waals surface area contributed by atoms with Crippen molar-refractivity contribution in [1.82, 2.24) is 10.5 Å². The van der Waals surface area contributed by atoms with Gasteiger partial charge < -0.3 is 19.4 Å². The lowest BCUT2D eigenvalue weighted by Gasteiger charge is -2.09. The molecule has 2 rings (SSSR count). The van der Waals surface area contributed by atoms with E-state index in [1.807, 2.05) is 13.8 Å². The molecule has 92 valence electrons. The van der Waals surface area contributed by atoms with Gasteiger partial charge in [0.2, 0.25) is 0 Å². The fourth-order valence-corrected chi connectivity index (χ4v) is 1.67. The van der Waals surface area contributed by atoms with Crippen LogP contribution < -0.4 is 5.32 Å². The molecule has 1 unspecified atom stereocenters. The Bertz CT molecular complexity index is 443. The quantitative estimate of drug-likeness (QED) is 0.826. The largest absolute Gasteiger partial charge is 0.467 e. The summed E-state index contributed by atoms with van der Waals surface area (Å²) >= 11 is 0. The van der Waals surface area contributed by atoms with E-state index in [4.69, 9.17) is 8.94 Å². The molecule has 2 aromatic rings. The van der Waals surface area contributed by atoms with Crippen LogP contribution in [0.2, 0.25) is 0 Å². The summed E-state index contributed by atoms with van der Waals surface area (Å²) in [4.78, 5) is 0. The van der Waals surface area contributed by atoms with Gasteiger partial charge in [0.15, 0.2) is 0 Å². The van der Waals surface area contributed by atoms with Gasteiger partial charge in [0.05, 0.1) is 12.0 Å². The fraction of sp³-hybridized carbons (Fsp3) is 0.417. The second-order valence-corrected chi connectivity index (χ2v) is 3.96. The van der Waals surface area contributed by atoms with Crippen molar-refractivity contribution in [3.05, 3.63) is 41.2 Å². The van der Waals surface area contributed by atoms with Crippen molar-refractivity contribution in [2.24, 2.45) is 0 Å². The highest BCUT2D eigenvalue weighted by molar-refractivity contribution is 5.20. The highest BCUT2D eigenvalue weighted by Crippen LogP contribution is 2.14. The molecule has 2 heterocycles. The number of aryl methyl sites for hydroxylation is 2. The molecule has 0 amide bonds. The fourth-order valence-electron chi connectivity index (χ4n) is 1.67. The van der Waals surface area contributed by atoms with Crippen molar-refractivity contribution in [1.29, 1.82) is 0 Å². The van der Waals surface area contributed by atoms with Crippen LogP contribution in [-0.4, -0.2) is 16.8 Å². The molecule has 0 aliphatic rings. The summed E-state index contributed by atoms with van der Waals surface area (Å²) in [5, 5.41) is 16.8. The normalized spacial score (nSPS) is 12.9. The summed E-state index contributed by atoms with van der Waals surface area (Å²) in [6.07, 6.45) is 0.915. The van der Waals surface area contributed by atoms with Crippen molar-refractivity contribution >= 4 is 0 Å². The Labute approximate surface area is 99.4 Å². The van der Waals surface area contributed by atoms with Gasteiger partial charge in [0, 0.05) is 18.7 Å². The first-order valence-corrected chi connectivity index (χ1v) is 5.52. The van der Waals surface area contributed by atoms with E-state index in [1.54, 1.807) is 18.4 Å². The van der Waals surface area contributed by atoms with Gasteiger partial charge in [0.1, 0.15) is 17.6 Å². The molecule has 0 fully saturated rings. The van der Waals surface area contributed by atoms with Crippen LogP contribution in [-0.2, 0) is 6.54 Å². The Hall–Kier alpha value is -1.59. The van der Waals surface area contributed by atoms with Crippen LogP contribution in [0.1, 0.15) is 28.9 Å². The van der Waals surface area contributed by atoms with Crippen molar-refractivity contribution in [3.63, 3.8) is 0 Å². The Balaban J connectivity index is 1.84. The van der Waals surface area contributed by atoms with E-state index < -0.39 is 6.10 Å². The van der Waals surface area contributed by atoms with E-state index in [2.05, 4.69) is 10.5 Å². The minimum Gasteiger partial charge on any atom is -0.467 e. The molecule has 0 saturated carbocycles. The SMILES string of the molecule is Cc1noc(C)c1CNCC(O)c1ccco1. The van der Waals surface area contributed by atoms with Crippen LogP contribution in [0.5, 0.6) is 0 Å². The molecule has 0 aromatic carbocycles. The molecular formula is C12H16N2O3. The number of furan rings is 1. The Morgan fingerprint density at radius 1 is 1.47 bits per heavy atom. The second kappa shape index (κ2) is 5.16. The molecule has 1 atom stereocenters. The van der Waals surface area contributed by atoms with E-state index >= 15 is 0 Å². The first kappa shape index (κ1) is 11.9. The highest BCUT2D eigenvalue weighted by Gasteiger charge is 2.12. The van der Waals surface area contributed by atoms with Gasteiger partial charge in [-0.05, 0) is 26.0 Å². The Morgan fingerprint density at radius 2 is 2.29 bits per heavy atom. The summed E-state index contributed by atoms with van der Waals surface area (Å²) in [5.74, 6) is 1.37. The minimum absolute atomic E-state index is 0.428. The van der Waals surface area contributed by atoms with Crippen LogP contribution in [0, 0.1) is 13.8 Å². The average molecular weight is 236 g/mol. The zero-order chi connectivity index (χ0) is 12.3. The number of hydrogen-bond donors (Lipinski definition) is 2. The number of aliphatic hydroxyl groups excluding tert-OH is 1. The van der Waals surface area contributed by atoms with Gasteiger partial charge in [-0.1, -0.05) is 5.16 Å². The number of aromatic nitrogens is 1. The van der Waals surface area contributed by atoms with E-state index in [9.17, 15) is 5.11 Å². The number of aliphatic hydroxyl groups is 1. The van der Waals surface area contributed by atoms with E-state index in [0.717, 1.165) is 17.0 Å². The molecule has 5 heteroatoms. The maximum atomic E-state index is 9.78. The number of hydrogen-bond acceptors (Lipinski definition) is 5. The average Bonchev–Trinajstić information content (AvgIpc) is 2.93. The van der Waals surface area contributed by atoms with Crippen molar-refractivity contribution in [3.8, 4) is 0 Å². The monoisotopic (exact) mass is 236 g/mol. The minimum atomic E-state index is -0.634. The Morgan fingerprint density at radius 3 is 2.88 bits per heavy atom. The van der Waals surface area contributed by atoms with Gasteiger partial charge in [-0.25, -0.2) is 0 Å². The summed E-state index contributed by atoms with van der Waals surface area (Å²) < 4.78 is 10.2. The number of rotatable bonds is 5. The molecule has 5 nitrogen and oxygen atoms in total. The third-order valence-corrected chi connectivity index (χ3v) is 2.69. The maximum absolute atomic E-state index is 9.78. The second-order valence-electron chi connectivity index (χ2n) is 3.96. The smallest absolute Gasteiger partial charge is 0.138 e. The summed E-state index contributed by atoms with van der Waals surface area (Å²) in [7, 11) is 0. The van der Waals surface area contributed by atoms with E-state index in [0.29, 0.717) is 18.8 Å². The predicted octanol–water partition coefficient (Wildman–Crippen LogP) is 1.71. The van der Waals surface area contributed by atoms with Gasteiger partial charge in [-0.2, -0.15) is 0 Å². The molecule has 0 aliphatic heterocycles. The van der Waals surface area contributed by atoms with E-state index in [-0.39, 0.29) is 0 Å². The molecule has 0 aliphatic carbocycles. The lowest BCUT2D eigenvalue weighted by molar-refractivity contribution is 0.147. The van der Waals surface area contributed by atoms with Crippen molar-refractivity contribution in [2.75, 3.05) is 6.54 Å². The highest BCUT2D eigenvalue weighted by atomic mass is 16.5. The van der Waals surface area contributed by atoms with Crippen LogP contribution >= 0.6 is 0 Å². The summed E-state index contributed by atoms with van der Waals surface area (Å²) in [5.41, 5.74) is 1.92. The topological polar surface area (TPSA) is 71.4 Å². The zero-order valence-corrected chi connectivity index (χ0v) is 9.93. The summed E-state index contributed by atoms with van der Waals surface area (Å²) in [6.45, 7) is 4.83. The van der Waals surface area contributed by atoms with Gasteiger partial charge in [-0.15, -0.1) is 0 Å². The lowest BCUT2D eigenvalue weighted by Crippen LogP contribution is -2.21. The molecule has 17 heavy (non-hydrogen) atoms. The van der Waals surface area contributed by atoms with Crippen LogP contribution in [0.15, 0.2) is 27.3 Å². The molecular weight excluding hydrogens is 220 g/mol. The van der Waals surface area contributed by atoms with Gasteiger partial charge in [0.25, 0.3) is 0 Å². The van der Waals surface area contributed by atoms with Crippen LogP contribution in [0.4, 0.5) is 0 Å². The third-order valence-electron chi connectivity index (χ3n) is 2.69. The first-order chi connectivity index (χ1) is 8.18. The van der Waals surface area contributed by atoms with Crippen molar-refractivity contribution in [2.45, 2.75) is 26.5 Å². The van der Waals surface area contributed by atoms with Gasteiger partial charge >= 0.3 is 0 Å². The zero-order valence-electron chi connectivity index (χ0n) is 9.93. The molecule has 0 bridgehead atoms. The summed E-state index contributed by atoms with van der Waals surface area (Å²) in [6, 6.07) is 3.51. The molecule has 2 N–H and O–H groups in total. The molecule has 2 aromatic heterocycles. The Kier molecular flexibility index (Phi) is 3.61. The first-order valence-electron chi connectivity index (χ1n) is 5.52. The van der Waals surface area contributed by atoms with Crippen LogP contribution in [0.3, 0.4) is 0 Å².